The Morgan fingerprint density at radius 2 is 1.60 bits per heavy atom. The highest BCUT2D eigenvalue weighted by Crippen LogP contribution is 2.48. The van der Waals surface area contributed by atoms with Crippen molar-refractivity contribution < 1.29 is 46.6 Å². The summed E-state index contributed by atoms with van der Waals surface area (Å²) in [5, 5.41) is 13.6. The minimum absolute atomic E-state index is 0.0425. The van der Waals surface area contributed by atoms with Gasteiger partial charge in [-0.25, -0.2) is 9.78 Å². The highest BCUT2D eigenvalue weighted by atomic mass is 35.5. The van der Waals surface area contributed by atoms with Gasteiger partial charge in [0.2, 0.25) is 17.8 Å². The largest absolute Gasteiger partial charge is 0.481 e. The third-order valence-electron chi connectivity index (χ3n) is 7.55. The van der Waals surface area contributed by atoms with Crippen LogP contribution in [0.25, 0.3) is 0 Å². The van der Waals surface area contributed by atoms with E-state index in [1.807, 2.05) is 12.1 Å². The number of halogens is 4. The summed E-state index contributed by atoms with van der Waals surface area (Å²) in [5.41, 5.74) is 0.954. The molecule has 20 heteroatoms. The van der Waals surface area contributed by atoms with Crippen LogP contribution >= 0.6 is 11.6 Å². The molecule has 2 aromatic carbocycles. The van der Waals surface area contributed by atoms with Crippen molar-refractivity contribution in [1.82, 2.24) is 30.6 Å². The molecule has 4 aromatic rings. The first-order valence-electron chi connectivity index (χ1n) is 15.6. The fraction of sp³-hybridized carbons (Fsp3) is 0.273. The Morgan fingerprint density at radius 3 is 2.25 bits per heavy atom. The van der Waals surface area contributed by atoms with Gasteiger partial charge in [-0.05, 0) is 60.9 Å². The maximum absolute atomic E-state index is 13.0. The summed E-state index contributed by atoms with van der Waals surface area (Å²) in [4.78, 5) is 66.4. The molecule has 1 aliphatic rings. The van der Waals surface area contributed by atoms with Crippen LogP contribution in [0.5, 0.6) is 11.9 Å². The third kappa shape index (κ3) is 10.6. The number of carbonyl (C=O) groups excluding carboxylic acids is 4. The van der Waals surface area contributed by atoms with E-state index in [9.17, 15) is 32.3 Å². The number of methoxy groups -OCH3 is 2. The fourth-order valence-electron chi connectivity index (χ4n) is 4.75. The number of alkyl halides is 3. The quantitative estimate of drug-likeness (QED) is 0.0919. The van der Waals surface area contributed by atoms with Crippen molar-refractivity contribution in [3.05, 3.63) is 83.0 Å². The molecule has 2 aromatic heterocycles. The van der Waals surface area contributed by atoms with E-state index in [-0.39, 0.29) is 29.0 Å². The molecular formula is C33H31ClF3N9O7. The molecule has 2 heterocycles. The number of aromatic nitrogens is 4. The Kier molecular flexibility index (Phi) is 11.8. The van der Waals surface area contributed by atoms with Crippen molar-refractivity contribution in [3.63, 3.8) is 0 Å². The second kappa shape index (κ2) is 16.4. The summed E-state index contributed by atoms with van der Waals surface area (Å²) in [5.74, 6) is -3.78. The fourth-order valence-corrected chi connectivity index (χ4v) is 4.87. The van der Waals surface area contributed by atoms with Crippen LogP contribution < -0.4 is 36.1 Å². The molecule has 0 unspecified atom stereocenters. The number of amides is 3. The van der Waals surface area contributed by atoms with Crippen LogP contribution in [0.3, 0.4) is 0 Å². The third-order valence-corrected chi connectivity index (χ3v) is 7.80. The van der Waals surface area contributed by atoms with Crippen molar-refractivity contribution in [3.8, 4) is 11.9 Å². The molecule has 1 aliphatic carbocycles. The van der Waals surface area contributed by atoms with Gasteiger partial charge in [-0.1, -0.05) is 23.7 Å². The van der Waals surface area contributed by atoms with Crippen molar-refractivity contribution in [2.75, 3.05) is 43.3 Å². The lowest BCUT2D eigenvalue weighted by atomic mass is 10.1. The van der Waals surface area contributed by atoms with Gasteiger partial charge >= 0.3 is 30.0 Å². The number of esters is 1. The number of pyridine rings is 1. The Morgan fingerprint density at radius 1 is 0.906 bits per heavy atom. The number of hydrogen-bond acceptors (Lipinski definition) is 13. The van der Waals surface area contributed by atoms with Crippen LogP contribution in [-0.4, -0.2) is 83.2 Å². The number of nitrogens with one attached hydrogen (secondary N) is 5. The van der Waals surface area contributed by atoms with Crippen LogP contribution in [0.15, 0.2) is 66.9 Å². The van der Waals surface area contributed by atoms with Crippen molar-refractivity contribution in [2.45, 2.75) is 30.6 Å². The van der Waals surface area contributed by atoms with Gasteiger partial charge in [0.05, 0.1) is 19.8 Å². The molecule has 1 atom stereocenters. The maximum atomic E-state index is 13.0. The topological polar surface area (TPSA) is 208 Å². The number of rotatable bonds is 14. The zero-order valence-electron chi connectivity index (χ0n) is 27.9. The molecule has 5 N–H and O–H groups in total. The predicted octanol–water partition coefficient (Wildman–Crippen LogP) is 3.74. The van der Waals surface area contributed by atoms with Gasteiger partial charge in [-0.15, -0.1) is 0 Å². The molecule has 1 saturated carbocycles. The van der Waals surface area contributed by atoms with E-state index in [2.05, 4.69) is 46.5 Å². The van der Waals surface area contributed by atoms with Crippen LogP contribution in [0.1, 0.15) is 28.8 Å². The number of nitrogens with zero attached hydrogens (tertiary/aromatic N) is 4. The lowest BCUT2D eigenvalue weighted by Crippen LogP contribution is -2.50. The summed E-state index contributed by atoms with van der Waals surface area (Å²) >= 11 is 6.02. The average Bonchev–Trinajstić information content (AvgIpc) is 3.92. The number of hydrogen-bond donors (Lipinski definition) is 5. The first kappa shape index (κ1) is 38.0. The van der Waals surface area contributed by atoms with E-state index in [0.717, 1.165) is 12.7 Å². The van der Waals surface area contributed by atoms with E-state index in [4.69, 9.17) is 25.8 Å². The van der Waals surface area contributed by atoms with Gasteiger partial charge in [0.25, 0.3) is 5.91 Å². The molecule has 16 nitrogen and oxygen atoms in total. The second-order valence-electron chi connectivity index (χ2n) is 11.4. The molecule has 0 saturated heterocycles. The van der Waals surface area contributed by atoms with Gasteiger partial charge in [-0.2, -0.15) is 28.1 Å². The standard InChI is InChI=1S/C33H31ClF3N9O7/c1-51-24-15-22(11-14-38-24)40-27(49)26(48)39-16-23(28(50)52-2)42-25(47)18-3-9-21(10-4-18)41-29-43-30(45-31(44-29)53-17-33(35,36)37)46-32(12-13-32)19-5-7-20(34)8-6-19/h3-11,14-15,23H,12-13,16-17H2,1-2H3,(H,39,48)(H,42,47)(H,38,40,49)(H2,41,43,44,45,46)/t23-/m0/s1. The van der Waals surface area contributed by atoms with Crippen molar-refractivity contribution in [2.24, 2.45) is 0 Å². The van der Waals surface area contributed by atoms with Crippen LogP contribution in [0.2, 0.25) is 5.02 Å². The minimum Gasteiger partial charge on any atom is -0.481 e. The summed E-state index contributed by atoms with van der Waals surface area (Å²) in [6, 6.07) is 13.6. The summed E-state index contributed by atoms with van der Waals surface area (Å²) in [7, 11) is 2.46. The van der Waals surface area contributed by atoms with Crippen molar-refractivity contribution in [1.29, 1.82) is 0 Å². The van der Waals surface area contributed by atoms with Crippen molar-refractivity contribution >= 4 is 58.6 Å². The zero-order valence-corrected chi connectivity index (χ0v) is 28.7. The lowest BCUT2D eigenvalue weighted by molar-refractivity contribution is -0.154. The van der Waals surface area contributed by atoms with E-state index in [0.29, 0.717) is 23.6 Å². The van der Waals surface area contributed by atoms with Crippen LogP contribution in [0.4, 0.5) is 36.4 Å². The summed E-state index contributed by atoms with van der Waals surface area (Å²) < 4.78 is 53.3. The van der Waals surface area contributed by atoms with Crippen LogP contribution in [0, 0.1) is 0 Å². The molecule has 278 valence electrons. The average molecular weight is 758 g/mol. The summed E-state index contributed by atoms with van der Waals surface area (Å²) in [6.45, 7) is -2.12. The molecule has 0 bridgehead atoms. The van der Waals surface area contributed by atoms with Gasteiger partial charge in [0.15, 0.2) is 6.61 Å². The molecule has 0 radical (unpaired) electrons. The molecular weight excluding hydrogens is 727 g/mol. The Labute approximate surface area is 304 Å². The summed E-state index contributed by atoms with van der Waals surface area (Å²) in [6.07, 6.45) is -1.88. The Hall–Kier alpha value is -6.24. The molecule has 0 aliphatic heterocycles. The molecule has 5 rings (SSSR count). The Balaban J connectivity index is 1.23. The first-order chi connectivity index (χ1) is 25.3. The predicted molar refractivity (Wildman–Crippen MR) is 183 cm³/mol. The first-order valence-corrected chi connectivity index (χ1v) is 16.0. The van der Waals surface area contributed by atoms with E-state index in [1.54, 1.807) is 12.1 Å². The minimum atomic E-state index is -4.64. The van der Waals surface area contributed by atoms with Gasteiger partial charge in [0, 0.05) is 40.8 Å². The van der Waals surface area contributed by atoms with E-state index in [1.165, 1.54) is 49.7 Å². The van der Waals surface area contributed by atoms with Gasteiger partial charge in [-0.3, -0.25) is 14.4 Å². The highest BCUT2D eigenvalue weighted by molar-refractivity contribution is 6.39. The molecule has 0 spiro atoms. The molecule has 3 amide bonds. The highest BCUT2D eigenvalue weighted by Gasteiger charge is 2.45. The number of anilines is 4. The van der Waals surface area contributed by atoms with Gasteiger partial charge < -0.3 is 40.8 Å². The Bertz CT molecular complexity index is 1970. The lowest BCUT2D eigenvalue weighted by Gasteiger charge is -2.19. The number of benzene rings is 2. The SMILES string of the molecule is COC(=O)[C@H](CNC(=O)C(=O)Nc1ccnc(OC)c1)NC(=O)c1ccc(Nc2nc(NC3(c4ccc(Cl)cc4)CC3)nc(OCC(F)(F)F)n2)cc1. The van der Waals surface area contributed by atoms with E-state index >= 15 is 0 Å². The smallest absolute Gasteiger partial charge is 0.422 e. The molecule has 1 fully saturated rings. The van der Waals surface area contributed by atoms with Gasteiger partial charge in [0.1, 0.15) is 6.04 Å². The second-order valence-corrected chi connectivity index (χ2v) is 11.8. The maximum Gasteiger partial charge on any atom is 0.422 e. The monoisotopic (exact) mass is 757 g/mol. The zero-order chi connectivity index (χ0) is 38.2. The van der Waals surface area contributed by atoms with Crippen LogP contribution in [-0.2, 0) is 24.7 Å². The number of carbonyl (C=O) groups is 4. The molecule has 53 heavy (non-hydrogen) atoms. The normalized spacial score (nSPS) is 13.5. The van der Waals surface area contributed by atoms with E-state index < -0.39 is 60.6 Å². The number of ether oxygens (including phenoxy) is 3.